The van der Waals surface area contributed by atoms with E-state index in [9.17, 15) is 10.1 Å². The molecule has 3 aromatic heterocycles. The van der Waals surface area contributed by atoms with E-state index < -0.39 is 4.92 Å². The van der Waals surface area contributed by atoms with E-state index in [0.717, 1.165) is 11.7 Å². The molecule has 0 saturated carbocycles. The van der Waals surface area contributed by atoms with Crippen LogP contribution in [0, 0.1) is 10.1 Å². The van der Waals surface area contributed by atoms with Crippen molar-refractivity contribution in [3.63, 3.8) is 0 Å². The molecule has 0 amide bonds. The van der Waals surface area contributed by atoms with Crippen LogP contribution in [0.4, 0.5) is 10.8 Å². The lowest BCUT2D eigenvalue weighted by molar-refractivity contribution is -0.385. The molecule has 0 unspecified atom stereocenters. The number of rotatable bonds is 5. The maximum absolute atomic E-state index is 10.7. The normalized spacial score (nSPS) is 11.0. The third kappa shape index (κ3) is 3.09. The Bertz CT molecular complexity index is 1030. The molecular formula is C16H13N7O2S. The van der Waals surface area contributed by atoms with Crippen LogP contribution in [0.3, 0.4) is 0 Å². The van der Waals surface area contributed by atoms with E-state index in [4.69, 9.17) is 0 Å². The summed E-state index contributed by atoms with van der Waals surface area (Å²) in [6.07, 6.45) is 1.18. The summed E-state index contributed by atoms with van der Waals surface area (Å²) in [5, 5.41) is 20.2. The highest BCUT2D eigenvalue weighted by atomic mass is 32.1. The van der Waals surface area contributed by atoms with E-state index in [1.165, 1.54) is 40.0 Å². The second kappa shape index (κ2) is 6.48. The first-order chi connectivity index (χ1) is 12.6. The molecule has 0 atom stereocenters. The number of nitro groups is 1. The molecule has 0 N–H and O–H groups in total. The Morgan fingerprint density at radius 3 is 2.65 bits per heavy atom. The van der Waals surface area contributed by atoms with Crippen LogP contribution in [0.5, 0.6) is 0 Å². The van der Waals surface area contributed by atoms with E-state index in [2.05, 4.69) is 32.3 Å². The fraction of sp³-hybridized carbons (Fsp3) is 0.125. The molecule has 4 aromatic rings. The molecule has 0 saturated heterocycles. The zero-order chi connectivity index (χ0) is 18.1. The summed E-state index contributed by atoms with van der Waals surface area (Å²) in [7, 11) is 1.97. The average molecular weight is 367 g/mol. The summed E-state index contributed by atoms with van der Waals surface area (Å²) in [6.45, 7) is 0.737. The highest BCUT2D eigenvalue weighted by molar-refractivity contribution is 7.21. The second-order valence-electron chi connectivity index (χ2n) is 5.59. The summed E-state index contributed by atoms with van der Waals surface area (Å²) < 4.78 is 0. The molecule has 0 aliphatic rings. The summed E-state index contributed by atoms with van der Waals surface area (Å²) >= 11 is 1.43. The Morgan fingerprint density at radius 2 is 2.00 bits per heavy atom. The minimum Gasteiger partial charge on any atom is -0.347 e. The quantitative estimate of drug-likeness (QED) is 0.395. The van der Waals surface area contributed by atoms with Crippen molar-refractivity contribution in [3.8, 4) is 5.82 Å². The van der Waals surface area contributed by atoms with E-state index in [1.807, 2.05) is 30.1 Å². The Balaban J connectivity index is 1.56. The molecule has 0 aliphatic heterocycles. The second-order valence-corrected chi connectivity index (χ2v) is 6.54. The third-order valence-corrected chi connectivity index (χ3v) is 4.74. The third-order valence-electron chi connectivity index (χ3n) is 3.69. The van der Waals surface area contributed by atoms with Gasteiger partial charge in [0, 0.05) is 19.7 Å². The number of thiazole rings is 1. The van der Waals surface area contributed by atoms with Crippen LogP contribution >= 0.6 is 11.3 Å². The monoisotopic (exact) mass is 367 g/mol. The van der Waals surface area contributed by atoms with E-state index in [0.29, 0.717) is 16.3 Å². The largest absolute Gasteiger partial charge is 0.347 e. The van der Waals surface area contributed by atoms with Gasteiger partial charge in [-0.2, -0.15) is 4.98 Å². The van der Waals surface area contributed by atoms with E-state index in [-0.39, 0.29) is 5.69 Å². The van der Waals surface area contributed by atoms with Gasteiger partial charge in [-0.15, -0.1) is 15.0 Å². The van der Waals surface area contributed by atoms with Gasteiger partial charge in [-0.1, -0.05) is 41.7 Å². The first-order valence-corrected chi connectivity index (χ1v) is 8.51. The molecule has 26 heavy (non-hydrogen) atoms. The van der Waals surface area contributed by atoms with Crippen LogP contribution < -0.4 is 4.90 Å². The topological polar surface area (TPSA) is 103 Å². The van der Waals surface area contributed by atoms with Gasteiger partial charge < -0.3 is 4.90 Å². The number of anilines is 1. The van der Waals surface area contributed by atoms with Crippen LogP contribution in [-0.2, 0) is 6.54 Å². The van der Waals surface area contributed by atoms with Gasteiger partial charge >= 0.3 is 0 Å². The zero-order valence-electron chi connectivity index (χ0n) is 13.7. The fourth-order valence-electron chi connectivity index (χ4n) is 2.42. The smallest absolute Gasteiger partial charge is 0.287 e. The Morgan fingerprint density at radius 1 is 1.19 bits per heavy atom. The van der Waals surface area contributed by atoms with Gasteiger partial charge in [-0.3, -0.25) is 10.1 Å². The zero-order valence-corrected chi connectivity index (χ0v) is 14.5. The number of nitrogens with zero attached hydrogens (tertiary/aromatic N) is 7. The van der Waals surface area contributed by atoms with Gasteiger partial charge in [0.15, 0.2) is 15.8 Å². The van der Waals surface area contributed by atoms with Gasteiger partial charge in [0.1, 0.15) is 6.20 Å². The Kier molecular flexibility index (Phi) is 4.01. The van der Waals surface area contributed by atoms with Crippen molar-refractivity contribution in [3.05, 3.63) is 64.3 Å². The number of aromatic nitrogens is 5. The molecule has 3 heterocycles. The molecule has 10 heteroatoms. The number of hydrogen-bond acceptors (Lipinski definition) is 8. The lowest BCUT2D eigenvalue weighted by Gasteiger charge is -2.15. The first kappa shape index (κ1) is 16.1. The van der Waals surface area contributed by atoms with Crippen molar-refractivity contribution in [1.29, 1.82) is 0 Å². The van der Waals surface area contributed by atoms with Crippen molar-refractivity contribution < 1.29 is 4.92 Å². The van der Waals surface area contributed by atoms with Crippen molar-refractivity contribution in [2.24, 2.45) is 0 Å². The number of fused-ring (bicyclic) bond motifs is 1. The summed E-state index contributed by atoms with van der Waals surface area (Å²) in [6, 6.07) is 13.0. The van der Waals surface area contributed by atoms with Gasteiger partial charge in [-0.05, 0) is 11.6 Å². The van der Waals surface area contributed by atoms with Crippen molar-refractivity contribution in [2.45, 2.75) is 6.54 Å². The molecule has 0 bridgehead atoms. The molecule has 0 spiro atoms. The predicted octanol–water partition coefficient (Wildman–Crippen LogP) is 2.82. The van der Waals surface area contributed by atoms with E-state index in [1.54, 1.807) is 0 Å². The van der Waals surface area contributed by atoms with Crippen molar-refractivity contribution >= 4 is 32.6 Å². The maximum Gasteiger partial charge on any atom is 0.287 e. The Hall–Kier alpha value is -3.40. The molecule has 0 radical (unpaired) electrons. The highest BCUT2D eigenvalue weighted by Gasteiger charge is 2.15. The first-order valence-electron chi connectivity index (χ1n) is 7.70. The number of pyridine rings is 1. The minimum absolute atomic E-state index is 0.0781. The molecule has 0 fully saturated rings. The van der Waals surface area contributed by atoms with Gasteiger partial charge in [0.25, 0.3) is 5.69 Å². The minimum atomic E-state index is -0.498. The van der Waals surface area contributed by atoms with Crippen LogP contribution in [0.25, 0.3) is 16.3 Å². The molecule has 0 aliphatic carbocycles. The Labute approximate surface area is 151 Å². The predicted molar refractivity (Wildman–Crippen MR) is 97.5 cm³/mol. The molecular weight excluding hydrogens is 354 g/mol. The van der Waals surface area contributed by atoms with Crippen molar-refractivity contribution in [1.82, 2.24) is 25.0 Å². The maximum atomic E-state index is 10.7. The molecule has 130 valence electrons. The van der Waals surface area contributed by atoms with Gasteiger partial charge in [0.05, 0.1) is 4.92 Å². The van der Waals surface area contributed by atoms with E-state index >= 15 is 0 Å². The molecule has 4 rings (SSSR count). The van der Waals surface area contributed by atoms with Crippen LogP contribution in [0.1, 0.15) is 5.56 Å². The fourth-order valence-corrected chi connectivity index (χ4v) is 3.24. The SMILES string of the molecule is CN(Cc1ccccc1)c1nc2nn(-c3ccc([N+](=O)[O-])cn3)nc2s1. The standard InChI is InChI=1S/C16H13N7O2S/c1-21(10-11-5-3-2-4-6-11)16-18-14-15(26-16)20-22(19-14)13-8-7-12(9-17-13)23(24)25/h2-9H,10H2,1H3. The summed E-state index contributed by atoms with van der Waals surface area (Å²) in [4.78, 5) is 22.8. The average Bonchev–Trinajstić information content (AvgIpc) is 3.22. The summed E-state index contributed by atoms with van der Waals surface area (Å²) in [5.74, 6) is 0.403. The van der Waals surface area contributed by atoms with Crippen molar-refractivity contribution in [2.75, 3.05) is 11.9 Å². The summed E-state index contributed by atoms with van der Waals surface area (Å²) in [5.41, 5.74) is 1.63. The van der Waals surface area contributed by atoms with Crippen LogP contribution in [-0.4, -0.2) is 36.9 Å². The van der Waals surface area contributed by atoms with Crippen LogP contribution in [0.15, 0.2) is 48.7 Å². The van der Waals surface area contributed by atoms with Gasteiger partial charge in [-0.25, -0.2) is 4.98 Å². The van der Waals surface area contributed by atoms with Gasteiger partial charge in [0.2, 0.25) is 5.65 Å². The lowest BCUT2D eigenvalue weighted by Crippen LogP contribution is -2.15. The van der Waals surface area contributed by atoms with Crippen LogP contribution in [0.2, 0.25) is 0 Å². The molecule has 9 nitrogen and oxygen atoms in total. The molecule has 1 aromatic carbocycles. The number of hydrogen-bond donors (Lipinski definition) is 0. The number of benzene rings is 1. The lowest BCUT2D eigenvalue weighted by atomic mass is 10.2. The highest BCUT2D eigenvalue weighted by Crippen LogP contribution is 2.27.